The summed E-state index contributed by atoms with van der Waals surface area (Å²) in [6, 6.07) is 0. The Labute approximate surface area is 147 Å². The standard InChI is InChI=1S/C15H28N2O2S3/c18-15(20)17(7-6-16-8-10-19-11-9-16)5-3-1-2-4-14-12-21-22-13-14/h14H,1-13H2,(H,18,20). The maximum atomic E-state index is 11.6. The fourth-order valence-corrected chi connectivity index (χ4v) is 6.03. The van der Waals surface area contributed by atoms with Gasteiger partial charge in [-0.25, -0.2) is 0 Å². The van der Waals surface area contributed by atoms with E-state index in [0.29, 0.717) is 0 Å². The Morgan fingerprint density at radius 2 is 1.86 bits per heavy atom. The van der Waals surface area contributed by atoms with E-state index in [9.17, 15) is 4.79 Å². The molecule has 0 aromatic carbocycles. The minimum Gasteiger partial charge on any atom is -0.379 e. The third-order valence-electron chi connectivity index (χ3n) is 4.29. The van der Waals surface area contributed by atoms with Crippen LogP contribution >= 0.6 is 34.2 Å². The highest BCUT2D eigenvalue weighted by Crippen LogP contribution is 2.36. The number of amides is 1. The van der Waals surface area contributed by atoms with E-state index in [-0.39, 0.29) is 5.24 Å². The quantitative estimate of drug-likeness (QED) is 0.386. The molecular formula is C15H28N2O2S3. The maximum Gasteiger partial charge on any atom is 0.278 e. The minimum atomic E-state index is -0.0862. The molecule has 2 heterocycles. The average molecular weight is 365 g/mol. The lowest BCUT2D eigenvalue weighted by molar-refractivity contribution is 0.0353. The van der Waals surface area contributed by atoms with Crippen LogP contribution in [-0.2, 0) is 4.74 Å². The largest absolute Gasteiger partial charge is 0.379 e. The molecule has 2 aliphatic heterocycles. The van der Waals surface area contributed by atoms with Gasteiger partial charge in [0.15, 0.2) is 0 Å². The molecule has 0 bridgehead atoms. The molecule has 128 valence electrons. The van der Waals surface area contributed by atoms with Crippen LogP contribution in [-0.4, -0.2) is 72.5 Å². The predicted octanol–water partition coefficient (Wildman–Crippen LogP) is 3.24. The lowest BCUT2D eigenvalue weighted by Crippen LogP contribution is -2.42. The van der Waals surface area contributed by atoms with Gasteiger partial charge in [-0.3, -0.25) is 9.69 Å². The molecule has 0 spiro atoms. The Kier molecular flexibility index (Phi) is 9.45. The van der Waals surface area contributed by atoms with Crippen molar-refractivity contribution in [2.75, 3.05) is 57.4 Å². The number of carbonyl (C=O) groups is 1. The van der Waals surface area contributed by atoms with Gasteiger partial charge in [0, 0.05) is 44.2 Å². The van der Waals surface area contributed by atoms with E-state index >= 15 is 0 Å². The molecule has 2 saturated heterocycles. The van der Waals surface area contributed by atoms with Gasteiger partial charge in [-0.1, -0.05) is 47.1 Å². The third kappa shape index (κ3) is 7.34. The number of hydrogen-bond donors (Lipinski definition) is 1. The molecule has 0 saturated carbocycles. The molecular weight excluding hydrogens is 336 g/mol. The first-order valence-corrected chi connectivity index (χ1v) is 11.2. The molecule has 0 aliphatic carbocycles. The van der Waals surface area contributed by atoms with Gasteiger partial charge in [0.1, 0.15) is 0 Å². The summed E-state index contributed by atoms with van der Waals surface area (Å²) in [7, 11) is 4.03. The lowest BCUT2D eigenvalue weighted by atomic mass is 10.0. The summed E-state index contributed by atoms with van der Waals surface area (Å²) in [5.41, 5.74) is 0. The van der Waals surface area contributed by atoms with Gasteiger partial charge in [0.25, 0.3) is 5.24 Å². The smallest absolute Gasteiger partial charge is 0.278 e. The molecule has 22 heavy (non-hydrogen) atoms. The van der Waals surface area contributed by atoms with Crippen LogP contribution in [0, 0.1) is 5.92 Å². The molecule has 4 nitrogen and oxygen atoms in total. The van der Waals surface area contributed by atoms with Crippen molar-refractivity contribution in [3.63, 3.8) is 0 Å². The second kappa shape index (κ2) is 11.1. The summed E-state index contributed by atoms with van der Waals surface area (Å²) >= 11 is 4.03. The van der Waals surface area contributed by atoms with E-state index in [1.807, 2.05) is 26.5 Å². The van der Waals surface area contributed by atoms with Crippen LogP contribution in [0.5, 0.6) is 0 Å². The van der Waals surface area contributed by atoms with E-state index in [2.05, 4.69) is 17.5 Å². The van der Waals surface area contributed by atoms with Crippen LogP contribution in [0.3, 0.4) is 0 Å². The first kappa shape index (κ1) is 18.8. The van der Waals surface area contributed by atoms with Crippen LogP contribution < -0.4 is 0 Å². The van der Waals surface area contributed by atoms with Crippen molar-refractivity contribution >= 4 is 39.5 Å². The zero-order valence-electron chi connectivity index (χ0n) is 13.2. The summed E-state index contributed by atoms with van der Waals surface area (Å²) < 4.78 is 5.35. The molecule has 1 amide bonds. The number of hydrogen-bond acceptors (Lipinski definition) is 5. The zero-order chi connectivity index (χ0) is 15.6. The molecule has 0 atom stereocenters. The van der Waals surface area contributed by atoms with E-state index in [0.717, 1.165) is 58.3 Å². The number of ether oxygens (including phenoxy) is 1. The monoisotopic (exact) mass is 364 g/mol. The fourth-order valence-electron chi connectivity index (χ4n) is 2.81. The Hall–Kier alpha value is 0.440. The van der Waals surface area contributed by atoms with Gasteiger partial charge in [0.05, 0.1) is 13.2 Å². The zero-order valence-corrected chi connectivity index (χ0v) is 15.8. The normalized spacial score (nSPS) is 20.4. The molecule has 0 N–H and O–H groups in total. The predicted molar refractivity (Wildman–Crippen MR) is 100 cm³/mol. The first-order valence-electron chi connectivity index (χ1n) is 8.28. The lowest BCUT2D eigenvalue weighted by Gasteiger charge is -2.29. The molecule has 0 unspecified atom stereocenters. The Bertz CT molecular complexity index is 322. The van der Waals surface area contributed by atoms with Crippen LogP contribution in [0.25, 0.3) is 0 Å². The Balaban J connectivity index is 1.54. The van der Waals surface area contributed by atoms with Crippen LogP contribution in [0.1, 0.15) is 25.7 Å². The van der Waals surface area contributed by atoms with Crippen LogP contribution in [0.15, 0.2) is 0 Å². The van der Waals surface area contributed by atoms with Crippen molar-refractivity contribution < 1.29 is 9.53 Å². The van der Waals surface area contributed by atoms with Gasteiger partial charge in [-0.2, -0.15) is 0 Å². The van der Waals surface area contributed by atoms with Crippen molar-refractivity contribution in [2.24, 2.45) is 5.92 Å². The number of morpholine rings is 1. The minimum absolute atomic E-state index is 0.0862. The SMILES string of the molecule is O=C(S)N(CCCCCC1CSSC1)CCN1CCOCC1. The van der Waals surface area contributed by atoms with Crippen molar-refractivity contribution in [3.05, 3.63) is 0 Å². The van der Waals surface area contributed by atoms with Gasteiger partial charge in [0.2, 0.25) is 0 Å². The second-order valence-corrected chi connectivity index (χ2v) is 8.94. The van der Waals surface area contributed by atoms with Crippen LogP contribution in [0.4, 0.5) is 4.79 Å². The van der Waals surface area contributed by atoms with E-state index in [1.54, 1.807) is 0 Å². The summed E-state index contributed by atoms with van der Waals surface area (Å²) in [5.74, 6) is 3.57. The van der Waals surface area contributed by atoms with Crippen LogP contribution in [0.2, 0.25) is 0 Å². The second-order valence-electron chi connectivity index (χ2n) is 6.01. The maximum absolute atomic E-state index is 11.6. The summed E-state index contributed by atoms with van der Waals surface area (Å²) in [6.07, 6.45) is 4.97. The highest BCUT2D eigenvalue weighted by Gasteiger charge is 2.16. The van der Waals surface area contributed by atoms with Gasteiger partial charge in [-0.15, -0.1) is 0 Å². The van der Waals surface area contributed by atoms with E-state index < -0.39 is 0 Å². The average Bonchev–Trinajstić information content (AvgIpc) is 3.04. The van der Waals surface area contributed by atoms with Crippen molar-refractivity contribution in [1.29, 1.82) is 0 Å². The summed E-state index contributed by atoms with van der Waals surface area (Å²) in [4.78, 5) is 15.9. The first-order chi connectivity index (χ1) is 10.8. The van der Waals surface area contributed by atoms with Gasteiger partial charge in [-0.05, 0) is 18.8 Å². The van der Waals surface area contributed by atoms with E-state index in [1.165, 1.54) is 30.8 Å². The fraction of sp³-hybridized carbons (Fsp3) is 0.933. The Morgan fingerprint density at radius 3 is 2.55 bits per heavy atom. The number of unbranched alkanes of at least 4 members (excludes halogenated alkanes) is 2. The summed E-state index contributed by atoms with van der Waals surface area (Å²) in [6.45, 7) is 6.16. The molecule has 7 heteroatoms. The number of thiol groups is 1. The van der Waals surface area contributed by atoms with Gasteiger partial charge < -0.3 is 9.64 Å². The topological polar surface area (TPSA) is 32.8 Å². The number of rotatable bonds is 9. The van der Waals surface area contributed by atoms with Gasteiger partial charge >= 0.3 is 0 Å². The third-order valence-corrected chi connectivity index (χ3v) is 7.27. The van der Waals surface area contributed by atoms with Crippen molar-refractivity contribution in [3.8, 4) is 0 Å². The molecule has 2 fully saturated rings. The Morgan fingerprint density at radius 1 is 1.14 bits per heavy atom. The highest BCUT2D eigenvalue weighted by molar-refractivity contribution is 8.77. The molecule has 2 rings (SSSR count). The number of carbonyl (C=O) groups excluding carboxylic acids is 1. The van der Waals surface area contributed by atoms with Crippen molar-refractivity contribution in [2.45, 2.75) is 25.7 Å². The number of nitrogens with zero attached hydrogens (tertiary/aromatic N) is 2. The summed E-state index contributed by atoms with van der Waals surface area (Å²) in [5, 5.41) is -0.0862. The molecule has 0 aromatic heterocycles. The van der Waals surface area contributed by atoms with E-state index in [4.69, 9.17) is 4.74 Å². The molecule has 0 radical (unpaired) electrons. The van der Waals surface area contributed by atoms with Crippen molar-refractivity contribution in [1.82, 2.24) is 9.80 Å². The molecule has 2 aliphatic rings. The highest BCUT2D eigenvalue weighted by atomic mass is 33.1. The molecule has 0 aromatic rings.